The molecular formula is C16H22FNO2S. The Balaban J connectivity index is 1.58. The first-order valence-corrected chi connectivity index (χ1v) is 8.87. The Kier molecular flexibility index (Phi) is 3.82. The highest BCUT2D eigenvalue weighted by Crippen LogP contribution is 2.40. The maximum absolute atomic E-state index is 13.2. The Morgan fingerprint density at radius 2 is 2.19 bits per heavy atom. The number of likely N-dealkylation sites (tertiary alicyclic amines) is 1. The lowest BCUT2D eigenvalue weighted by atomic mass is 9.91. The first-order valence-electron chi connectivity index (χ1n) is 7.38. The first kappa shape index (κ1) is 15.0. The predicted molar refractivity (Wildman–Crippen MR) is 82.5 cm³/mol. The summed E-state index contributed by atoms with van der Waals surface area (Å²) in [5, 5.41) is 0. The zero-order valence-corrected chi connectivity index (χ0v) is 13.4. The van der Waals surface area contributed by atoms with Crippen LogP contribution in [0.3, 0.4) is 0 Å². The SMILES string of the molecule is CC(C)(CN1CCC2(C1)CS(=O)C2)Oc1cccc(F)c1. The van der Waals surface area contributed by atoms with Crippen molar-refractivity contribution in [2.24, 2.45) is 5.41 Å². The summed E-state index contributed by atoms with van der Waals surface area (Å²) in [5.41, 5.74) is -0.0813. The maximum atomic E-state index is 13.2. The number of hydrogen-bond acceptors (Lipinski definition) is 3. The molecule has 21 heavy (non-hydrogen) atoms. The van der Waals surface area contributed by atoms with E-state index in [9.17, 15) is 8.60 Å². The molecule has 0 radical (unpaired) electrons. The van der Waals surface area contributed by atoms with Gasteiger partial charge in [0, 0.05) is 46.9 Å². The summed E-state index contributed by atoms with van der Waals surface area (Å²) in [6.45, 7) is 6.91. The van der Waals surface area contributed by atoms with Gasteiger partial charge in [-0.1, -0.05) is 6.07 Å². The first-order chi connectivity index (χ1) is 9.86. The summed E-state index contributed by atoms with van der Waals surface area (Å²) in [6.07, 6.45) is 1.13. The van der Waals surface area contributed by atoms with Gasteiger partial charge < -0.3 is 4.74 Å². The van der Waals surface area contributed by atoms with Crippen LogP contribution in [0.2, 0.25) is 0 Å². The molecule has 2 heterocycles. The van der Waals surface area contributed by atoms with Gasteiger partial charge in [-0.15, -0.1) is 0 Å². The van der Waals surface area contributed by atoms with E-state index in [0.29, 0.717) is 11.2 Å². The van der Waals surface area contributed by atoms with Crippen molar-refractivity contribution in [1.82, 2.24) is 4.90 Å². The maximum Gasteiger partial charge on any atom is 0.126 e. The fraction of sp³-hybridized carbons (Fsp3) is 0.625. The normalized spacial score (nSPS) is 29.6. The van der Waals surface area contributed by atoms with E-state index >= 15 is 0 Å². The van der Waals surface area contributed by atoms with E-state index in [1.807, 2.05) is 13.8 Å². The minimum atomic E-state index is -0.593. The summed E-state index contributed by atoms with van der Waals surface area (Å²) >= 11 is 0. The van der Waals surface area contributed by atoms with Gasteiger partial charge in [-0.3, -0.25) is 9.11 Å². The van der Waals surface area contributed by atoms with Crippen molar-refractivity contribution >= 4 is 10.8 Å². The highest BCUT2D eigenvalue weighted by Gasteiger charge is 2.48. The lowest BCUT2D eigenvalue weighted by Gasteiger charge is -2.38. The second-order valence-corrected chi connectivity index (χ2v) is 8.47. The molecule has 0 bridgehead atoms. The zero-order valence-electron chi connectivity index (χ0n) is 12.6. The van der Waals surface area contributed by atoms with Gasteiger partial charge in [0.25, 0.3) is 0 Å². The van der Waals surface area contributed by atoms with Gasteiger partial charge in [0.05, 0.1) is 0 Å². The van der Waals surface area contributed by atoms with Gasteiger partial charge in [-0.25, -0.2) is 4.39 Å². The van der Waals surface area contributed by atoms with E-state index in [4.69, 9.17) is 4.74 Å². The van der Waals surface area contributed by atoms with E-state index in [0.717, 1.165) is 37.6 Å². The summed E-state index contributed by atoms with van der Waals surface area (Å²) in [6, 6.07) is 6.28. The van der Waals surface area contributed by atoms with Crippen LogP contribution < -0.4 is 4.74 Å². The molecule has 0 unspecified atom stereocenters. The molecule has 0 aromatic heterocycles. The highest BCUT2D eigenvalue weighted by molar-refractivity contribution is 7.86. The Hall–Kier alpha value is -0.940. The molecule has 0 aliphatic carbocycles. The Labute approximate surface area is 127 Å². The zero-order chi connectivity index (χ0) is 15.1. The second kappa shape index (κ2) is 5.36. The molecule has 2 aliphatic heterocycles. The number of nitrogens with zero attached hydrogens (tertiary/aromatic N) is 1. The van der Waals surface area contributed by atoms with E-state index < -0.39 is 10.8 Å². The van der Waals surface area contributed by atoms with E-state index in [-0.39, 0.29) is 11.4 Å². The molecule has 2 fully saturated rings. The Bertz CT molecular complexity index is 553. The van der Waals surface area contributed by atoms with Gasteiger partial charge in [-0.05, 0) is 38.9 Å². The molecule has 0 N–H and O–H groups in total. The molecule has 0 saturated carbocycles. The second-order valence-electron chi connectivity index (χ2n) is 7.01. The average Bonchev–Trinajstić information content (AvgIpc) is 2.71. The Morgan fingerprint density at radius 1 is 1.43 bits per heavy atom. The summed E-state index contributed by atoms with van der Waals surface area (Å²) in [5.74, 6) is 2.00. The van der Waals surface area contributed by atoms with Crippen molar-refractivity contribution in [2.75, 3.05) is 31.1 Å². The number of ether oxygens (including phenoxy) is 1. The van der Waals surface area contributed by atoms with E-state index in [1.165, 1.54) is 12.1 Å². The van der Waals surface area contributed by atoms with Crippen molar-refractivity contribution in [3.8, 4) is 5.75 Å². The largest absolute Gasteiger partial charge is 0.486 e. The molecule has 1 aromatic rings. The third kappa shape index (κ3) is 3.46. The lowest BCUT2D eigenvalue weighted by molar-refractivity contribution is 0.0647. The van der Waals surface area contributed by atoms with Gasteiger partial charge >= 0.3 is 0 Å². The fourth-order valence-corrected chi connectivity index (χ4v) is 5.21. The topological polar surface area (TPSA) is 29.5 Å². The van der Waals surface area contributed by atoms with Crippen LogP contribution in [-0.4, -0.2) is 45.8 Å². The molecule has 1 spiro atoms. The molecule has 2 aliphatic rings. The monoisotopic (exact) mass is 311 g/mol. The van der Waals surface area contributed by atoms with Crippen molar-refractivity contribution in [2.45, 2.75) is 25.9 Å². The molecule has 1 aromatic carbocycles. The van der Waals surface area contributed by atoms with Crippen LogP contribution in [-0.2, 0) is 10.8 Å². The van der Waals surface area contributed by atoms with Crippen LogP contribution in [0.1, 0.15) is 20.3 Å². The number of halogens is 1. The quantitative estimate of drug-likeness (QED) is 0.855. The summed E-state index contributed by atoms with van der Waals surface area (Å²) in [4.78, 5) is 2.38. The fourth-order valence-electron chi connectivity index (χ4n) is 3.46. The smallest absolute Gasteiger partial charge is 0.126 e. The predicted octanol–water partition coefficient (Wildman–Crippen LogP) is 2.44. The van der Waals surface area contributed by atoms with E-state index in [1.54, 1.807) is 12.1 Å². The van der Waals surface area contributed by atoms with Gasteiger partial charge in [0.1, 0.15) is 17.2 Å². The molecular weight excluding hydrogens is 289 g/mol. The molecule has 0 amide bonds. The van der Waals surface area contributed by atoms with Crippen molar-refractivity contribution in [3.05, 3.63) is 30.1 Å². The molecule has 0 atom stereocenters. The standard InChI is InChI=1S/C16H22FNO2S/c1-15(2,20-14-5-3-4-13(17)8-14)9-18-7-6-16(10-18)11-21(19)12-16/h3-5,8H,6-7,9-12H2,1-2H3. The molecule has 3 rings (SSSR count). The van der Waals surface area contributed by atoms with Crippen molar-refractivity contribution in [3.63, 3.8) is 0 Å². The summed E-state index contributed by atoms with van der Waals surface area (Å²) < 4.78 is 30.5. The van der Waals surface area contributed by atoms with Crippen LogP contribution >= 0.6 is 0 Å². The van der Waals surface area contributed by atoms with Crippen LogP contribution in [0.5, 0.6) is 5.75 Å². The van der Waals surface area contributed by atoms with Crippen LogP contribution in [0, 0.1) is 11.2 Å². The van der Waals surface area contributed by atoms with Crippen LogP contribution in [0.15, 0.2) is 24.3 Å². The minimum Gasteiger partial charge on any atom is -0.486 e. The molecule has 5 heteroatoms. The van der Waals surface area contributed by atoms with E-state index in [2.05, 4.69) is 4.90 Å². The highest BCUT2D eigenvalue weighted by atomic mass is 32.2. The van der Waals surface area contributed by atoms with Gasteiger partial charge in [-0.2, -0.15) is 0 Å². The number of hydrogen-bond donors (Lipinski definition) is 0. The Morgan fingerprint density at radius 3 is 2.86 bits per heavy atom. The van der Waals surface area contributed by atoms with Crippen LogP contribution in [0.25, 0.3) is 0 Å². The lowest BCUT2D eigenvalue weighted by Crippen LogP contribution is -2.48. The molecule has 116 valence electrons. The molecule has 2 saturated heterocycles. The third-order valence-electron chi connectivity index (χ3n) is 4.25. The third-order valence-corrected chi connectivity index (χ3v) is 6.12. The van der Waals surface area contributed by atoms with Crippen LogP contribution in [0.4, 0.5) is 4.39 Å². The van der Waals surface area contributed by atoms with Gasteiger partial charge in [0.15, 0.2) is 0 Å². The number of rotatable bonds is 4. The average molecular weight is 311 g/mol. The number of benzene rings is 1. The van der Waals surface area contributed by atoms with Crippen molar-refractivity contribution in [1.29, 1.82) is 0 Å². The molecule has 3 nitrogen and oxygen atoms in total. The minimum absolute atomic E-state index is 0.277. The summed E-state index contributed by atoms with van der Waals surface area (Å²) in [7, 11) is -0.593. The van der Waals surface area contributed by atoms with Gasteiger partial charge in [0.2, 0.25) is 0 Å². The van der Waals surface area contributed by atoms with Crippen molar-refractivity contribution < 1.29 is 13.3 Å².